The fraction of sp³-hybridized carbons (Fsp3) is 0.118. The molecular formula is C17H14ClNO2S. The molecule has 0 bridgehead atoms. The number of amides is 1. The van der Waals surface area contributed by atoms with Gasteiger partial charge in [-0.05, 0) is 30.3 Å². The lowest BCUT2D eigenvalue weighted by molar-refractivity contribution is 0.0997. The molecule has 1 amide bonds. The Bertz CT molecular complexity index is 829. The maximum atomic E-state index is 12.7. The van der Waals surface area contributed by atoms with Gasteiger partial charge in [0, 0.05) is 22.8 Å². The van der Waals surface area contributed by atoms with Gasteiger partial charge in [0.1, 0.15) is 10.6 Å². The van der Waals surface area contributed by atoms with Crippen LogP contribution >= 0.6 is 22.9 Å². The van der Waals surface area contributed by atoms with E-state index in [1.165, 1.54) is 11.3 Å². The first-order valence-electron chi connectivity index (χ1n) is 6.71. The SMILES string of the molecule is COc1ccc2sc(C(=O)N(C)c3ccccc3)c(Cl)c2c1. The summed E-state index contributed by atoms with van der Waals surface area (Å²) in [7, 11) is 3.36. The molecule has 1 heterocycles. The summed E-state index contributed by atoms with van der Waals surface area (Å²) in [5.41, 5.74) is 0.832. The highest BCUT2D eigenvalue weighted by molar-refractivity contribution is 7.21. The summed E-state index contributed by atoms with van der Waals surface area (Å²) in [6.45, 7) is 0. The standard InChI is InChI=1S/C17H14ClNO2S/c1-19(11-6-4-3-5-7-11)17(20)16-15(18)13-10-12(21-2)8-9-14(13)22-16/h3-10H,1-2H3. The van der Waals surface area contributed by atoms with Gasteiger partial charge in [-0.1, -0.05) is 29.8 Å². The van der Waals surface area contributed by atoms with Crippen molar-refractivity contribution in [1.82, 2.24) is 0 Å². The van der Waals surface area contributed by atoms with Gasteiger partial charge in [-0.2, -0.15) is 0 Å². The smallest absolute Gasteiger partial charge is 0.269 e. The molecule has 2 aromatic carbocycles. The van der Waals surface area contributed by atoms with Crippen molar-refractivity contribution in [2.75, 3.05) is 19.1 Å². The Kier molecular flexibility index (Phi) is 4.05. The van der Waals surface area contributed by atoms with Crippen LogP contribution in [0, 0.1) is 0 Å². The number of carbonyl (C=O) groups excluding carboxylic acids is 1. The zero-order valence-electron chi connectivity index (χ0n) is 12.2. The molecule has 3 nitrogen and oxygen atoms in total. The van der Waals surface area contributed by atoms with E-state index >= 15 is 0 Å². The van der Waals surface area contributed by atoms with E-state index in [4.69, 9.17) is 16.3 Å². The van der Waals surface area contributed by atoms with Gasteiger partial charge in [0.2, 0.25) is 0 Å². The van der Waals surface area contributed by atoms with E-state index in [0.29, 0.717) is 9.90 Å². The largest absolute Gasteiger partial charge is 0.497 e. The Labute approximate surface area is 137 Å². The topological polar surface area (TPSA) is 29.5 Å². The van der Waals surface area contributed by atoms with Crippen molar-refractivity contribution >= 4 is 44.6 Å². The molecule has 0 aliphatic rings. The van der Waals surface area contributed by atoms with Crippen LogP contribution in [-0.4, -0.2) is 20.1 Å². The first kappa shape index (κ1) is 14.9. The number of carbonyl (C=O) groups is 1. The maximum absolute atomic E-state index is 12.7. The van der Waals surface area contributed by atoms with Crippen molar-refractivity contribution in [3.63, 3.8) is 0 Å². The highest BCUT2D eigenvalue weighted by atomic mass is 35.5. The summed E-state index contributed by atoms with van der Waals surface area (Å²) in [5, 5.41) is 1.32. The average molecular weight is 332 g/mol. The molecule has 0 aliphatic heterocycles. The number of halogens is 1. The van der Waals surface area contributed by atoms with Crippen molar-refractivity contribution in [1.29, 1.82) is 0 Å². The Hall–Kier alpha value is -2.04. The average Bonchev–Trinajstić information content (AvgIpc) is 2.90. The van der Waals surface area contributed by atoms with Crippen molar-refractivity contribution in [2.45, 2.75) is 0 Å². The third-order valence-electron chi connectivity index (χ3n) is 3.48. The fourth-order valence-electron chi connectivity index (χ4n) is 2.23. The lowest BCUT2D eigenvalue weighted by atomic mass is 10.2. The molecule has 3 rings (SSSR count). The van der Waals surface area contributed by atoms with Gasteiger partial charge >= 0.3 is 0 Å². The minimum atomic E-state index is -0.114. The summed E-state index contributed by atoms with van der Waals surface area (Å²) >= 11 is 7.82. The first-order valence-corrected chi connectivity index (χ1v) is 7.90. The highest BCUT2D eigenvalue weighted by Crippen LogP contribution is 2.38. The van der Waals surface area contributed by atoms with Crippen LogP contribution in [0.5, 0.6) is 5.75 Å². The predicted molar refractivity (Wildman–Crippen MR) is 92.6 cm³/mol. The summed E-state index contributed by atoms with van der Waals surface area (Å²) in [6.07, 6.45) is 0. The molecule has 0 N–H and O–H groups in total. The third kappa shape index (κ3) is 2.56. The van der Waals surface area contributed by atoms with Gasteiger partial charge in [0.15, 0.2) is 0 Å². The van der Waals surface area contributed by atoms with Gasteiger partial charge < -0.3 is 9.64 Å². The zero-order chi connectivity index (χ0) is 15.7. The first-order chi connectivity index (χ1) is 10.6. The summed E-state index contributed by atoms with van der Waals surface area (Å²) in [5.74, 6) is 0.610. The van der Waals surface area contributed by atoms with Crippen LogP contribution in [-0.2, 0) is 0 Å². The molecule has 0 fully saturated rings. The Morgan fingerprint density at radius 1 is 1.18 bits per heavy atom. The van der Waals surface area contributed by atoms with Crippen LogP contribution in [0.4, 0.5) is 5.69 Å². The second-order valence-electron chi connectivity index (χ2n) is 4.81. The number of methoxy groups -OCH3 is 1. The van der Waals surface area contributed by atoms with Crippen molar-refractivity contribution in [3.8, 4) is 5.75 Å². The number of ether oxygens (including phenoxy) is 1. The lowest BCUT2D eigenvalue weighted by Gasteiger charge is -2.16. The van der Waals surface area contributed by atoms with E-state index in [1.807, 2.05) is 48.5 Å². The summed E-state index contributed by atoms with van der Waals surface area (Å²) in [6, 6.07) is 15.1. The van der Waals surface area contributed by atoms with Crippen LogP contribution in [0.15, 0.2) is 48.5 Å². The highest BCUT2D eigenvalue weighted by Gasteiger charge is 2.21. The van der Waals surface area contributed by atoms with Crippen molar-refractivity contribution in [2.24, 2.45) is 0 Å². The zero-order valence-corrected chi connectivity index (χ0v) is 13.7. The quantitative estimate of drug-likeness (QED) is 0.687. The van der Waals surface area contributed by atoms with Gasteiger partial charge in [0.25, 0.3) is 5.91 Å². The third-order valence-corrected chi connectivity index (χ3v) is 5.14. The number of hydrogen-bond donors (Lipinski definition) is 0. The molecule has 22 heavy (non-hydrogen) atoms. The van der Waals surface area contributed by atoms with Gasteiger partial charge in [-0.25, -0.2) is 0 Å². The van der Waals surface area contributed by atoms with Gasteiger partial charge in [0.05, 0.1) is 12.1 Å². The van der Waals surface area contributed by atoms with E-state index in [-0.39, 0.29) is 5.91 Å². The Morgan fingerprint density at radius 2 is 1.91 bits per heavy atom. The van der Waals surface area contributed by atoms with E-state index in [1.54, 1.807) is 19.1 Å². The number of thiophene rings is 1. The maximum Gasteiger partial charge on any atom is 0.269 e. The van der Waals surface area contributed by atoms with Gasteiger partial charge in [-0.15, -0.1) is 11.3 Å². The second kappa shape index (κ2) is 5.99. The number of anilines is 1. The number of hydrogen-bond acceptors (Lipinski definition) is 3. The Balaban J connectivity index is 2.02. The molecule has 0 atom stereocenters. The van der Waals surface area contributed by atoms with Crippen LogP contribution in [0.1, 0.15) is 9.67 Å². The number of para-hydroxylation sites is 1. The molecule has 112 valence electrons. The number of fused-ring (bicyclic) bond motifs is 1. The fourth-order valence-corrected chi connectivity index (χ4v) is 3.69. The molecule has 3 aromatic rings. The van der Waals surface area contributed by atoms with Crippen molar-refractivity contribution in [3.05, 3.63) is 58.4 Å². The number of benzene rings is 2. The summed E-state index contributed by atoms with van der Waals surface area (Å²) in [4.78, 5) is 14.9. The summed E-state index contributed by atoms with van der Waals surface area (Å²) < 4.78 is 6.18. The van der Waals surface area contributed by atoms with Gasteiger partial charge in [-0.3, -0.25) is 4.79 Å². The molecule has 0 aliphatic carbocycles. The van der Waals surface area contributed by atoms with Crippen molar-refractivity contribution < 1.29 is 9.53 Å². The van der Waals surface area contributed by atoms with E-state index < -0.39 is 0 Å². The molecule has 0 radical (unpaired) electrons. The predicted octanol–water partition coefficient (Wildman–Crippen LogP) is 4.84. The van der Waals surface area contributed by atoms with Crippen LogP contribution < -0.4 is 9.64 Å². The van der Waals surface area contributed by atoms with Crippen LogP contribution in [0.2, 0.25) is 5.02 Å². The Morgan fingerprint density at radius 3 is 2.59 bits per heavy atom. The lowest BCUT2D eigenvalue weighted by Crippen LogP contribution is -2.25. The normalized spacial score (nSPS) is 10.7. The molecule has 5 heteroatoms. The molecule has 1 aromatic heterocycles. The molecule has 0 unspecified atom stereocenters. The molecular weight excluding hydrogens is 318 g/mol. The van der Waals surface area contributed by atoms with E-state index in [2.05, 4.69) is 0 Å². The molecule has 0 saturated carbocycles. The van der Waals surface area contributed by atoms with Crippen LogP contribution in [0.3, 0.4) is 0 Å². The second-order valence-corrected chi connectivity index (χ2v) is 6.24. The number of rotatable bonds is 3. The minimum absolute atomic E-state index is 0.114. The molecule has 0 spiro atoms. The number of nitrogens with zero attached hydrogens (tertiary/aromatic N) is 1. The van der Waals surface area contributed by atoms with E-state index in [9.17, 15) is 4.79 Å². The molecule has 0 saturated heterocycles. The minimum Gasteiger partial charge on any atom is -0.497 e. The van der Waals surface area contributed by atoms with E-state index in [0.717, 1.165) is 21.5 Å². The monoisotopic (exact) mass is 331 g/mol. The van der Waals surface area contributed by atoms with Crippen LogP contribution in [0.25, 0.3) is 10.1 Å².